The van der Waals surface area contributed by atoms with E-state index < -0.39 is 0 Å². The Labute approximate surface area is 219 Å². The van der Waals surface area contributed by atoms with Crippen molar-refractivity contribution < 1.29 is 19.1 Å². The SMILES string of the molecule is CCC1CC(CC)C2C3CC(C(C(=O)OC4(CC)CCCC4)C3C(=O)OC3(CC)CC4CCC3C4)C12. The van der Waals surface area contributed by atoms with Crippen LogP contribution in [0.2, 0.25) is 0 Å². The van der Waals surface area contributed by atoms with Crippen molar-refractivity contribution in [3.05, 3.63) is 0 Å². The van der Waals surface area contributed by atoms with Crippen LogP contribution in [0.15, 0.2) is 0 Å². The molecule has 6 aliphatic rings. The Morgan fingerprint density at radius 1 is 0.750 bits per heavy atom. The van der Waals surface area contributed by atoms with Crippen LogP contribution >= 0.6 is 0 Å². The summed E-state index contributed by atoms with van der Waals surface area (Å²) in [5, 5.41) is 0. The van der Waals surface area contributed by atoms with Gasteiger partial charge in [-0.2, -0.15) is 0 Å². The van der Waals surface area contributed by atoms with Crippen LogP contribution in [0.4, 0.5) is 0 Å². The first-order chi connectivity index (χ1) is 17.4. The van der Waals surface area contributed by atoms with Crippen LogP contribution in [0, 0.1) is 59.2 Å². The highest BCUT2D eigenvalue weighted by Gasteiger charge is 2.68. The van der Waals surface area contributed by atoms with Gasteiger partial charge in [-0.25, -0.2) is 0 Å². The number of fused-ring (bicyclic) bond motifs is 7. The molecule has 0 N–H and O–H groups in total. The molecule has 4 heteroatoms. The van der Waals surface area contributed by atoms with Crippen LogP contribution in [-0.2, 0) is 19.1 Å². The Morgan fingerprint density at radius 2 is 1.36 bits per heavy atom. The molecule has 11 unspecified atom stereocenters. The minimum absolute atomic E-state index is 0.0379. The average molecular weight is 499 g/mol. The minimum Gasteiger partial charge on any atom is -0.459 e. The zero-order valence-corrected chi connectivity index (χ0v) is 23.3. The molecule has 6 aliphatic carbocycles. The molecule has 202 valence electrons. The monoisotopic (exact) mass is 498 g/mol. The first-order valence-corrected chi connectivity index (χ1v) is 15.8. The first kappa shape index (κ1) is 25.2. The fraction of sp³-hybridized carbons (Fsp3) is 0.938. The molecule has 0 radical (unpaired) electrons. The van der Waals surface area contributed by atoms with E-state index in [1.54, 1.807) is 0 Å². The third-order valence-corrected chi connectivity index (χ3v) is 12.9. The maximum atomic E-state index is 14.2. The number of hydrogen-bond donors (Lipinski definition) is 0. The van der Waals surface area contributed by atoms with E-state index in [0.717, 1.165) is 57.3 Å². The van der Waals surface area contributed by atoms with E-state index in [9.17, 15) is 9.59 Å². The van der Waals surface area contributed by atoms with Gasteiger partial charge in [-0.05, 0) is 124 Å². The molecule has 6 saturated carbocycles. The lowest BCUT2D eigenvalue weighted by atomic mass is 9.65. The number of rotatable bonds is 8. The summed E-state index contributed by atoms with van der Waals surface area (Å²) in [6.07, 6.45) is 15.5. The number of esters is 2. The predicted octanol–water partition coefficient (Wildman–Crippen LogP) is 7.34. The Bertz CT molecular complexity index is 860. The molecule has 0 aromatic heterocycles. The van der Waals surface area contributed by atoms with Gasteiger partial charge in [0.15, 0.2) is 0 Å². The van der Waals surface area contributed by atoms with Gasteiger partial charge >= 0.3 is 11.9 Å². The van der Waals surface area contributed by atoms with E-state index in [2.05, 4.69) is 27.7 Å². The van der Waals surface area contributed by atoms with E-state index in [-0.39, 0.29) is 35.0 Å². The van der Waals surface area contributed by atoms with Gasteiger partial charge in [0.05, 0.1) is 11.8 Å². The molecule has 36 heavy (non-hydrogen) atoms. The molecule has 6 fully saturated rings. The van der Waals surface area contributed by atoms with E-state index in [0.29, 0.717) is 41.4 Å². The molecule has 0 spiro atoms. The fourth-order valence-corrected chi connectivity index (χ4v) is 11.2. The smallest absolute Gasteiger partial charge is 0.310 e. The van der Waals surface area contributed by atoms with E-state index in [4.69, 9.17) is 9.47 Å². The van der Waals surface area contributed by atoms with Crippen molar-refractivity contribution in [1.29, 1.82) is 0 Å². The van der Waals surface area contributed by atoms with Crippen molar-refractivity contribution in [2.75, 3.05) is 0 Å². The Hall–Kier alpha value is -1.06. The van der Waals surface area contributed by atoms with Crippen LogP contribution in [0.5, 0.6) is 0 Å². The topological polar surface area (TPSA) is 52.6 Å². The lowest BCUT2D eigenvalue weighted by Gasteiger charge is -2.43. The van der Waals surface area contributed by atoms with Gasteiger partial charge in [-0.1, -0.05) is 40.5 Å². The molecule has 4 nitrogen and oxygen atoms in total. The number of ether oxygens (including phenoxy) is 2. The molecule has 0 aliphatic heterocycles. The van der Waals surface area contributed by atoms with Crippen molar-refractivity contribution in [1.82, 2.24) is 0 Å². The molecule has 0 aromatic carbocycles. The molecule has 0 heterocycles. The summed E-state index contributed by atoms with van der Waals surface area (Å²) >= 11 is 0. The normalized spacial score (nSPS) is 47.9. The molecular weight excluding hydrogens is 448 g/mol. The summed E-state index contributed by atoms with van der Waals surface area (Å²) in [4.78, 5) is 28.3. The molecule has 0 aromatic rings. The summed E-state index contributed by atoms with van der Waals surface area (Å²) < 4.78 is 13.1. The number of carbonyl (C=O) groups excluding carboxylic acids is 2. The molecular formula is C32H50O4. The van der Waals surface area contributed by atoms with E-state index >= 15 is 0 Å². The zero-order valence-electron chi connectivity index (χ0n) is 23.3. The highest BCUT2D eigenvalue weighted by Crippen LogP contribution is 2.68. The van der Waals surface area contributed by atoms with Gasteiger partial charge in [0.2, 0.25) is 0 Å². The predicted molar refractivity (Wildman–Crippen MR) is 140 cm³/mol. The van der Waals surface area contributed by atoms with Gasteiger partial charge in [0, 0.05) is 0 Å². The maximum absolute atomic E-state index is 14.2. The number of carbonyl (C=O) groups is 2. The third kappa shape index (κ3) is 3.65. The van der Waals surface area contributed by atoms with Gasteiger partial charge in [-0.3, -0.25) is 9.59 Å². The summed E-state index contributed by atoms with van der Waals surface area (Å²) in [6, 6.07) is 0. The zero-order chi connectivity index (χ0) is 25.2. The maximum Gasteiger partial charge on any atom is 0.310 e. The highest BCUT2D eigenvalue weighted by molar-refractivity contribution is 5.84. The van der Waals surface area contributed by atoms with E-state index in [1.165, 1.54) is 38.5 Å². The summed E-state index contributed by atoms with van der Waals surface area (Å²) in [5.74, 6) is 3.77. The minimum atomic E-state index is -0.298. The van der Waals surface area contributed by atoms with Crippen molar-refractivity contribution in [3.8, 4) is 0 Å². The first-order valence-electron chi connectivity index (χ1n) is 15.8. The Morgan fingerprint density at radius 3 is 1.83 bits per heavy atom. The van der Waals surface area contributed by atoms with Crippen LogP contribution < -0.4 is 0 Å². The second-order valence-corrected chi connectivity index (χ2v) is 13.9. The van der Waals surface area contributed by atoms with Gasteiger partial charge in [0.1, 0.15) is 11.2 Å². The van der Waals surface area contributed by atoms with Crippen LogP contribution in [0.3, 0.4) is 0 Å². The summed E-state index contributed by atoms with van der Waals surface area (Å²) in [7, 11) is 0. The van der Waals surface area contributed by atoms with E-state index in [1.807, 2.05) is 0 Å². The molecule has 11 atom stereocenters. The largest absolute Gasteiger partial charge is 0.459 e. The average Bonchev–Trinajstić information content (AvgIpc) is 3.70. The summed E-state index contributed by atoms with van der Waals surface area (Å²) in [5.41, 5.74) is -0.578. The second kappa shape index (κ2) is 9.30. The van der Waals surface area contributed by atoms with Crippen LogP contribution in [0.1, 0.15) is 118 Å². The lowest BCUT2D eigenvalue weighted by molar-refractivity contribution is -0.187. The molecule has 4 bridgehead atoms. The molecule has 0 amide bonds. The van der Waals surface area contributed by atoms with Gasteiger partial charge < -0.3 is 9.47 Å². The van der Waals surface area contributed by atoms with Gasteiger partial charge in [-0.15, -0.1) is 0 Å². The second-order valence-electron chi connectivity index (χ2n) is 13.9. The standard InChI is InChI=1S/C32H50O4/c1-5-20-16-21(6-2)26-24-17-23(25(20)26)27(29(33)35-31(7-3)13-9-10-14-31)28(24)30(34)36-32(8-4)18-19-11-12-22(32)15-19/h19-28H,5-18H2,1-4H3. The van der Waals surface area contributed by atoms with Crippen molar-refractivity contribution in [2.45, 2.75) is 129 Å². The van der Waals surface area contributed by atoms with Crippen LogP contribution in [-0.4, -0.2) is 23.1 Å². The number of hydrogen-bond acceptors (Lipinski definition) is 4. The lowest BCUT2D eigenvalue weighted by Crippen LogP contribution is -2.49. The van der Waals surface area contributed by atoms with Crippen molar-refractivity contribution in [3.63, 3.8) is 0 Å². The Kier molecular flexibility index (Phi) is 6.52. The van der Waals surface area contributed by atoms with Crippen LogP contribution in [0.25, 0.3) is 0 Å². The van der Waals surface area contributed by atoms with Crippen molar-refractivity contribution in [2.24, 2.45) is 59.2 Å². The highest BCUT2D eigenvalue weighted by atomic mass is 16.6. The fourth-order valence-electron chi connectivity index (χ4n) is 11.2. The summed E-state index contributed by atoms with van der Waals surface area (Å²) in [6.45, 7) is 9.03. The molecule has 6 rings (SSSR count). The van der Waals surface area contributed by atoms with Crippen molar-refractivity contribution >= 4 is 11.9 Å². The third-order valence-electron chi connectivity index (χ3n) is 12.9. The molecule has 0 saturated heterocycles. The quantitative estimate of drug-likeness (QED) is 0.329. The van der Waals surface area contributed by atoms with Gasteiger partial charge in [0.25, 0.3) is 0 Å². The Balaban J connectivity index is 1.30.